The van der Waals surface area contributed by atoms with Gasteiger partial charge in [-0.2, -0.15) is 5.26 Å². The normalized spacial score (nSPS) is 11.3. The number of carboxylic acids is 1. The highest BCUT2D eigenvalue weighted by atomic mass is 19.1. The molecule has 0 spiro atoms. The van der Waals surface area contributed by atoms with E-state index in [0.29, 0.717) is 22.5 Å². The SMILES string of the molecule is CN(C(=O)C(C#N)=Cc1cn(CC(=O)O)c2ccccc12)c1ccc(F)cc1F. The lowest BCUT2D eigenvalue weighted by atomic mass is 10.1. The molecular formula is C21H15F2N3O3. The Hall–Kier alpha value is -3.99. The Morgan fingerprint density at radius 1 is 1.24 bits per heavy atom. The summed E-state index contributed by atoms with van der Waals surface area (Å²) in [7, 11) is 1.28. The van der Waals surface area contributed by atoms with E-state index >= 15 is 0 Å². The number of aliphatic carboxylic acids is 1. The monoisotopic (exact) mass is 395 g/mol. The van der Waals surface area contributed by atoms with Crippen molar-refractivity contribution in [3.05, 3.63) is 71.4 Å². The number of hydrogen-bond acceptors (Lipinski definition) is 3. The molecule has 1 aromatic heterocycles. The number of fused-ring (bicyclic) bond motifs is 1. The zero-order valence-electron chi connectivity index (χ0n) is 15.3. The summed E-state index contributed by atoms with van der Waals surface area (Å²) in [5, 5.41) is 19.2. The van der Waals surface area contributed by atoms with Gasteiger partial charge in [0.15, 0.2) is 0 Å². The Kier molecular flexibility index (Phi) is 5.41. The van der Waals surface area contributed by atoms with Gasteiger partial charge in [0.05, 0.1) is 5.69 Å². The molecule has 1 heterocycles. The van der Waals surface area contributed by atoms with E-state index in [0.717, 1.165) is 17.0 Å². The van der Waals surface area contributed by atoms with E-state index in [1.807, 2.05) is 0 Å². The molecule has 0 saturated carbocycles. The van der Waals surface area contributed by atoms with Crippen LogP contribution in [0.4, 0.5) is 14.5 Å². The molecule has 3 rings (SSSR count). The fourth-order valence-electron chi connectivity index (χ4n) is 3.01. The number of likely N-dealkylation sites (N-methyl/N-ethyl adjacent to an activating group) is 1. The predicted octanol–water partition coefficient (Wildman–Crippen LogP) is 3.57. The van der Waals surface area contributed by atoms with Crippen LogP contribution in [0.15, 0.2) is 54.2 Å². The number of carbonyl (C=O) groups excluding carboxylic acids is 1. The van der Waals surface area contributed by atoms with E-state index in [9.17, 15) is 23.6 Å². The molecule has 3 aromatic rings. The Morgan fingerprint density at radius 2 is 1.97 bits per heavy atom. The number of para-hydroxylation sites is 1. The van der Waals surface area contributed by atoms with Crippen LogP contribution in [-0.2, 0) is 16.1 Å². The molecule has 1 amide bonds. The van der Waals surface area contributed by atoms with Gasteiger partial charge >= 0.3 is 5.97 Å². The Bertz CT molecular complexity index is 1190. The Morgan fingerprint density at radius 3 is 2.62 bits per heavy atom. The van der Waals surface area contributed by atoms with Gasteiger partial charge in [-0.15, -0.1) is 0 Å². The van der Waals surface area contributed by atoms with E-state index in [1.165, 1.54) is 23.9 Å². The number of anilines is 1. The van der Waals surface area contributed by atoms with E-state index in [-0.39, 0.29) is 17.8 Å². The second-order valence-corrected chi connectivity index (χ2v) is 6.25. The summed E-state index contributed by atoms with van der Waals surface area (Å²) in [5.74, 6) is -3.54. The van der Waals surface area contributed by atoms with Crippen LogP contribution in [0.25, 0.3) is 17.0 Å². The molecule has 1 N–H and O–H groups in total. The maximum absolute atomic E-state index is 14.0. The number of aromatic nitrogens is 1. The summed E-state index contributed by atoms with van der Waals surface area (Å²) in [5.41, 5.74) is 0.642. The van der Waals surface area contributed by atoms with Gasteiger partial charge in [0.2, 0.25) is 0 Å². The minimum absolute atomic E-state index is 0.175. The molecule has 0 fully saturated rings. The lowest BCUT2D eigenvalue weighted by molar-refractivity contribution is -0.137. The molecule has 8 heteroatoms. The smallest absolute Gasteiger partial charge is 0.323 e. The highest BCUT2D eigenvalue weighted by molar-refractivity contribution is 6.12. The van der Waals surface area contributed by atoms with Crippen molar-refractivity contribution in [1.29, 1.82) is 5.26 Å². The molecule has 0 bridgehead atoms. The molecule has 0 aliphatic heterocycles. The van der Waals surface area contributed by atoms with Crippen molar-refractivity contribution in [2.24, 2.45) is 0 Å². The van der Waals surface area contributed by atoms with Gasteiger partial charge in [-0.05, 0) is 24.3 Å². The van der Waals surface area contributed by atoms with Crippen LogP contribution in [0.2, 0.25) is 0 Å². The first-order valence-electron chi connectivity index (χ1n) is 8.46. The van der Waals surface area contributed by atoms with Gasteiger partial charge in [-0.1, -0.05) is 18.2 Å². The van der Waals surface area contributed by atoms with Crippen LogP contribution >= 0.6 is 0 Å². The maximum atomic E-state index is 14.0. The fraction of sp³-hybridized carbons (Fsp3) is 0.0952. The van der Waals surface area contributed by atoms with Crippen LogP contribution in [0.5, 0.6) is 0 Å². The highest BCUT2D eigenvalue weighted by Crippen LogP contribution is 2.25. The molecule has 146 valence electrons. The second-order valence-electron chi connectivity index (χ2n) is 6.25. The number of amides is 1. The fourth-order valence-corrected chi connectivity index (χ4v) is 3.01. The average molecular weight is 395 g/mol. The number of carbonyl (C=O) groups is 2. The van der Waals surface area contributed by atoms with Crippen molar-refractivity contribution in [2.45, 2.75) is 6.54 Å². The van der Waals surface area contributed by atoms with Crippen molar-refractivity contribution >= 4 is 34.5 Å². The summed E-state index contributed by atoms with van der Waals surface area (Å²) >= 11 is 0. The largest absolute Gasteiger partial charge is 0.480 e. The van der Waals surface area contributed by atoms with Crippen molar-refractivity contribution < 1.29 is 23.5 Å². The number of nitriles is 1. The number of hydrogen-bond donors (Lipinski definition) is 1. The number of halogens is 2. The molecule has 6 nitrogen and oxygen atoms in total. The molecule has 29 heavy (non-hydrogen) atoms. The van der Waals surface area contributed by atoms with Gasteiger partial charge in [0.25, 0.3) is 5.91 Å². The van der Waals surface area contributed by atoms with E-state index in [2.05, 4.69) is 0 Å². The van der Waals surface area contributed by atoms with E-state index in [1.54, 1.807) is 30.3 Å². The summed E-state index contributed by atoms with van der Waals surface area (Å²) in [4.78, 5) is 24.7. The minimum atomic E-state index is -1.04. The third-order valence-electron chi connectivity index (χ3n) is 4.35. The van der Waals surface area contributed by atoms with Gasteiger partial charge in [0, 0.05) is 35.8 Å². The molecule has 0 unspecified atom stereocenters. The molecule has 2 aromatic carbocycles. The molecule has 0 atom stereocenters. The lowest BCUT2D eigenvalue weighted by Crippen LogP contribution is -2.28. The first-order chi connectivity index (χ1) is 13.8. The van der Waals surface area contributed by atoms with Crippen LogP contribution < -0.4 is 4.90 Å². The molecule has 0 saturated heterocycles. The molecular weight excluding hydrogens is 380 g/mol. The van der Waals surface area contributed by atoms with E-state index < -0.39 is 23.5 Å². The van der Waals surface area contributed by atoms with Gasteiger partial charge in [0.1, 0.15) is 29.8 Å². The van der Waals surface area contributed by atoms with Crippen molar-refractivity contribution in [2.75, 3.05) is 11.9 Å². The first-order valence-corrected chi connectivity index (χ1v) is 8.46. The van der Waals surface area contributed by atoms with Crippen LogP contribution in [0, 0.1) is 23.0 Å². The maximum Gasteiger partial charge on any atom is 0.323 e. The third kappa shape index (κ3) is 3.99. The topological polar surface area (TPSA) is 86.3 Å². The average Bonchev–Trinajstić information content (AvgIpc) is 3.02. The van der Waals surface area contributed by atoms with Crippen molar-refractivity contribution in [1.82, 2.24) is 4.57 Å². The van der Waals surface area contributed by atoms with Gasteiger partial charge in [-0.3, -0.25) is 9.59 Å². The molecule has 0 aliphatic rings. The Labute approximate surface area is 164 Å². The van der Waals surface area contributed by atoms with E-state index in [4.69, 9.17) is 5.11 Å². The van der Waals surface area contributed by atoms with Crippen molar-refractivity contribution in [3.63, 3.8) is 0 Å². The predicted molar refractivity (Wildman–Crippen MR) is 103 cm³/mol. The third-order valence-corrected chi connectivity index (χ3v) is 4.35. The van der Waals surface area contributed by atoms with Crippen LogP contribution in [0.1, 0.15) is 5.56 Å². The molecule has 0 aliphatic carbocycles. The summed E-state index contributed by atoms with van der Waals surface area (Å²) in [6, 6.07) is 11.5. The molecule has 0 radical (unpaired) electrons. The van der Waals surface area contributed by atoms with Crippen LogP contribution in [-0.4, -0.2) is 28.6 Å². The minimum Gasteiger partial charge on any atom is -0.480 e. The summed E-state index contributed by atoms with van der Waals surface area (Å²) in [6.45, 7) is -0.287. The standard InChI is InChI=1S/C21H15F2N3O3/c1-25(19-7-6-15(22)9-17(19)23)21(29)13(10-24)8-14-11-26(12-20(27)28)18-5-3-2-4-16(14)18/h2-9,11H,12H2,1H3,(H,27,28). The summed E-state index contributed by atoms with van der Waals surface area (Å²) in [6.07, 6.45) is 2.85. The van der Waals surface area contributed by atoms with Gasteiger partial charge < -0.3 is 14.6 Å². The first kappa shape index (κ1) is 19.8. The van der Waals surface area contributed by atoms with Gasteiger partial charge in [-0.25, -0.2) is 8.78 Å². The number of rotatable bonds is 5. The second kappa shape index (κ2) is 7.94. The lowest BCUT2D eigenvalue weighted by Gasteiger charge is -2.17. The van der Waals surface area contributed by atoms with Crippen LogP contribution in [0.3, 0.4) is 0 Å². The quantitative estimate of drug-likeness (QED) is 0.529. The van der Waals surface area contributed by atoms with Crippen molar-refractivity contribution in [3.8, 4) is 6.07 Å². The number of carboxylic acid groups (broad SMARTS) is 1. The summed E-state index contributed by atoms with van der Waals surface area (Å²) < 4.78 is 28.6. The zero-order valence-corrected chi connectivity index (χ0v) is 15.3. The highest BCUT2D eigenvalue weighted by Gasteiger charge is 2.20. The number of nitrogens with zero attached hydrogens (tertiary/aromatic N) is 3. The zero-order chi connectivity index (χ0) is 21.1. The number of benzene rings is 2. The Balaban J connectivity index is 2.03.